The maximum atomic E-state index is 2.42. The summed E-state index contributed by atoms with van der Waals surface area (Å²) >= 11 is 0. The molecule has 0 aliphatic carbocycles. The van der Waals surface area contributed by atoms with Gasteiger partial charge in [0.15, 0.2) is 0 Å². The zero-order valence-electron chi connectivity index (χ0n) is 48.9. The highest BCUT2D eigenvalue weighted by atomic mass is 15.0. The molecule has 4 aromatic heterocycles. The Morgan fingerprint density at radius 2 is 0.487 bits per heavy atom. The van der Waals surface area contributed by atoms with E-state index in [9.17, 15) is 0 Å². The van der Waals surface area contributed by atoms with Gasteiger partial charge in [-0.1, -0.05) is 218 Å². The molecule has 0 unspecified atom stereocenters. The Morgan fingerprint density at radius 1 is 0.200 bits per heavy atom. The average Bonchev–Trinajstić information content (AvgIpc) is 4.25. The molecular weight excluding hydrogens is 969 g/mol. The molecule has 0 amide bonds. The number of nitrogens with zero attached hydrogens (tertiary/aromatic N) is 4. The van der Waals surface area contributed by atoms with Gasteiger partial charge in [-0.2, -0.15) is 0 Å². The Labute approximate surface area is 476 Å². The number of aromatic nitrogens is 4. The molecule has 0 spiro atoms. The molecule has 0 aliphatic rings. The lowest BCUT2D eigenvalue weighted by Gasteiger charge is -2.15. The molecule has 0 atom stereocenters. The van der Waals surface area contributed by atoms with Gasteiger partial charge >= 0.3 is 0 Å². The first-order valence-electron chi connectivity index (χ1n) is 27.9. The van der Waals surface area contributed by atoms with E-state index >= 15 is 0 Å². The summed E-state index contributed by atoms with van der Waals surface area (Å²) in [5.74, 6) is 0. The molecule has 0 bridgehead atoms. The molecule has 4 nitrogen and oxygen atoms in total. The van der Waals surface area contributed by atoms with Crippen LogP contribution in [0.5, 0.6) is 0 Å². The number of hydrogen-bond acceptors (Lipinski definition) is 0. The first-order chi connectivity index (χ1) is 38.8. The van der Waals surface area contributed by atoms with Gasteiger partial charge in [0.2, 0.25) is 0 Å². The van der Waals surface area contributed by atoms with E-state index in [0.29, 0.717) is 0 Å². The van der Waals surface area contributed by atoms with Gasteiger partial charge in [0.05, 0.1) is 17.1 Å². The van der Waals surface area contributed by atoms with Crippen molar-refractivity contribution in [3.05, 3.63) is 299 Å². The molecule has 0 saturated heterocycles. The lowest BCUT2D eigenvalue weighted by Crippen LogP contribution is -2.00. The average molecular weight is 1050 g/mol. The van der Waals surface area contributed by atoms with Crippen molar-refractivity contribution in [2.24, 2.45) is 14.1 Å². The Morgan fingerprint density at radius 3 is 0.850 bits per heavy atom. The fourth-order valence-electron chi connectivity index (χ4n) is 11.6. The van der Waals surface area contributed by atoms with E-state index in [1.54, 1.807) is 0 Å². The van der Waals surface area contributed by atoms with Crippen molar-refractivity contribution in [1.29, 1.82) is 0 Å². The normalized spacial score (nSPS) is 10.8. The van der Waals surface area contributed by atoms with Crippen LogP contribution in [0, 0.1) is 69.2 Å². The standard InChI is InChI=1S/C29H23N.2C19H19N.C9H15N/c1-22-27(23-14-6-2-7-15-23)29(25-18-10-4-11-19-25)30(26-20-12-5-13-21-26)28(22)24-16-8-3-9-17-24;1-14-18(16-10-6-4-7-11-16)15(2)20(3)19(14)17-12-8-5-9-13-17;1-14-15(2)20(18-12-8-5-9-13-18)16(3)19(14)17-10-6-4-7-11-17;1-6-7(2)9(4)10(5)8(6)3/h2-21H,1H3;2*4-13H,1-3H3;1-5H3. The number of rotatable bonds is 8. The van der Waals surface area contributed by atoms with E-state index in [4.69, 9.17) is 0 Å². The first kappa shape index (κ1) is 55.6. The van der Waals surface area contributed by atoms with E-state index in [2.05, 4.69) is 344 Å². The van der Waals surface area contributed by atoms with Crippen LogP contribution < -0.4 is 0 Å². The van der Waals surface area contributed by atoms with Crippen LogP contribution in [0.15, 0.2) is 243 Å². The summed E-state index contributed by atoms with van der Waals surface area (Å²) in [4.78, 5) is 0. The lowest BCUT2D eigenvalue weighted by molar-refractivity contribution is 0.838. The second-order valence-corrected chi connectivity index (χ2v) is 20.9. The van der Waals surface area contributed by atoms with Crippen molar-refractivity contribution >= 4 is 0 Å². The Bertz CT molecular complexity index is 3500. The summed E-state index contributed by atoms with van der Waals surface area (Å²) in [6, 6.07) is 85.2. The first-order valence-corrected chi connectivity index (χ1v) is 27.9. The molecule has 0 fully saturated rings. The highest BCUT2D eigenvalue weighted by Crippen LogP contribution is 2.45. The molecule has 8 aromatic carbocycles. The second kappa shape index (κ2) is 25.1. The molecule has 400 valence electrons. The maximum Gasteiger partial charge on any atom is 0.0616 e. The second-order valence-electron chi connectivity index (χ2n) is 20.9. The van der Waals surface area contributed by atoms with E-state index in [1.807, 2.05) is 0 Å². The topological polar surface area (TPSA) is 19.7 Å². The summed E-state index contributed by atoms with van der Waals surface area (Å²) in [7, 11) is 4.27. The molecular formula is C76H76N4. The van der Waals surface area contributed by atoms with Crippen molar-refractivity contribution in [1.82, 2.24) is 18.3 Å². The molecule has 80 heavy (non-hydrogen) atoms. The summed E-state index contributed by atoms with van der Waals surface area (Å²) in [6.07, 6.45) is 0. The minimum atomic E-state index is 1.17. The molecule has 4 heteroatoms. The van der Waals surface area contributed by atoms with Gasteiger partial charge in [0, 0.05) is 70.6 Å². The van der Waals surface area contributed by atoms with E-state index < -0.39 is 0 Å². The van der Waals surface area contributed by atoms with Crippen LogP contribution >= 0.6 is 0 Å². The third-order valence-corrected chi connectivity index (χ3v) is 16.3. The van der Waals surface area contributed by atoms with Crippen LogP contribution in [0.25, 0.3) is 78.5 Å². The van der Waals surface area contributed by atoms with Gasteiger partial charge in [-0.25, -0.2) is 0 Å². The van der Waals surface area contributed by atoms with Crippen LogP contribution in [0.3, 0.4) is 0 Å². The molecule has 0 aliphatic heterocycles. The van der Waals surface area contributed by atoms with E-state index in [1.165, 1.54) is 135 Å². The number of hydrogen-bond donors (Lipinski definition) is 0. The summed E-state index contributed by atoms with van der Waals surface area (Å²) in [5, 5.41) is 0. The van der Waals surface area contributed by atoms with Gasteiger partial charge in [-0.05, 0) is 155 Å². The highest BCUT2D eigenvalue weighted by molar-refractivity contribution is 5.92. The quantitative estimate of drug-likeness (QED) is 0.145. The highest BCUT2D eigenvalue weighted by Gasteiger charge is 2.25. The summed E-state index contributed by atoms with van der Waals surface area (Å²) in [5.41, 5.74) is 31.2. The third kappa shape index (κ3) is 11.4. The van der Waals surface area contributed by atoms with Crippen molar-refractivity contribution in [3.8, 4) is 78.5 Å². The fraction of sp³-hybridized carbons (Fsp3) is 0.158. The predicted octanol–water partition coefficient (Wildman–Crippen LogP) is 20.1. The smallest absolute Gasteiger partial charge is 0.0616 e. The predicted molar refractivity (Wildman–Crippen MR) is 342 cm³/mol. The molecule has 0 N–H and O–H groups in total. The van der Waals surface area contributed by atoms with Crippen molar-refractivity contribution in [2.75, 3.05) is 0 Å². The Balaban J connectivity index is 0.000000137. The lowest BCUT2D eigenvalue weighted by atomic mass is 9.96. The Hall–Kier alpha value is -9.12. The number of benzene rings is 8. The summed E-state index contributed by atoms with van der Waals surface area (Å²) < 4.78 is 9.30. The van der Waals surface area contributed by atoms with Gasteiger partial charge < -0.3 is 18.3 Å². The SMILES string of the molecule is Cc1c(-c2ccccc2)c(-c2ccccc2)n(-c2ccccc2)c1-c1ccccc1.Cc1c(-c2ccccc2)c(C)n(-c2ccccc2)c1C.Cc1c(-c2ccccc2)c(C)n(C)c1-c1ccccc1.Cc1c(C)c(C)n(C)c1C. The monoisotopic (exact) mass is 1040 g/mol. The van der Waals surface area contributed by atoms with Gasteiger partial charge in [-0.15, -0.1) is 0 Å². The Kier molecular flexibility index (Phi) is 17.5. The van der Waals surface area contributed by atoms with E-state index in [0.717, 1.165) is 0 Å². The molecule has 12 aromatic rings. The van der Waals surface area contributed by atoms with Gasteiger partial charge in [-0.3, -0.25) is 0 Å². The van der Waals surface area contributed by atoms with Crippen LogP contribution in [0.4, 0.5) is 0 Å². The van der Waals surface area contributed by atoms with Crippen LogP contribution in [-0.2, 0) is 14.1 Å². The molecule has 0 radical (unpaired) electrons. The fourth-order valence-corrected chi connectivity index (χ4v) is 11.6. The third-order valence-electron chi connectivity index (χ3n) is 16.3. The van der Waals surface area contributed by atoms with Crippen molar-refractivity contribution in [3.63, 3.8) is 0 Å². The largest absolute Gasteiger partial charge is 0.352 e. The molecule has 0 saturated carbocycles. The van der Waals surface area contributed by atoms with Crippen LogP contribution in [0.1, 0.15) is 56.3 Å². The molecule has 12 rings (SSSR count). The van der Waals surface area contributed by atoms with Crippen LogP contribution in [-0.4, -0.2) is 18.3 Å². The minimum absolute atomic E-state index is 1.17. The zero-order valence-corrected chi connectivity index (χ0v) is 48.9. The zero-order chi connectivity index (χ0) is 56.5. The van der Waals surface area contributed by atoms with E-state index in [-0.39, 0.29) is 0 Å². The van der Waals surface area contributed by atoms with Crippen molar-refractivity contribution < 1.29 is 0 Å². The van der Waals surface area contributed by atoms with Gasteiger partial charge in [0.1, 0.15) is 0 Å². The molecule has 4 heterocycles. The minimum Gasteiger partial charge on any atom is -0.352 e. The number of para-hydroxylation sites is 2. The van der Waals surface area contributed by atoms with Crippen LogP contribution in [0.2, 0.25) is 0 Å². The summed E-state index contributed by atoms with van der Waals surface area (Å²) in [6.45, 7) is 22.0. The van der Waals surface area contributed by atoms with Crippen molar-refractivity contribution in [2.45, 2.75) is 69.2 Å². The van der Waals surface area contributed by atoms with Gasteiger partial charge in [0.25, 0.3) is 0 Å². The maximum absolute atomic E-state index is 2.42.